The number of carbonyl (C=O) groups is 2. The lowest BCUT2D eigenvalue weighted by molar-refractivity contribution is -0.159. The van der Waals surface area contributed by atoms with Gasteiger partial charge in [0.15, 0.2) is 0 Å². The predicted octanol–water partition coefficient (Wildman–Crippen LogP) is 3.60. The van der Waals surface area contributed by atoms with Gasteiger partial charge in [-0.25, -0.2) is 9.59 Å². The fraction of sp³-hybridized carbons (Fsp3) is 0.423. The van der Waals surface area contributed by atoms with E-state index in [9.17, 15) is 0 Å². The molecular formula is C26H34N2O7. The molecule has 0 amide bonds. The van der Waals surface area contributed by atoms with Crippen molar-refractivity contribution >= 4 is 11.9 Å². The molecule has 2 heterocycles. The molecule has 1 atom stereocenters. The van der Waals surface area contributed by atoms with Crippen molar-refractivity contribution in [2.45, 2.75) is 31.7 Å². The summed E-state index contributed by atoms with van der Waals surface area (Å²) in [6, 6.07) is 10.5. The largest absolute Gasteiger partial charge is 0.497 e. The number of pyridine rings is 1. The lowest BCUT2D eigenvalue weighted by Crippen LogP contribution is -2.36. The molecule has 1 aromatic carbocycles. The molecule has 0 bridgehead atoms. The minimum atomic E-state index is -1.82. The van der Waals surface area contributed by atoms with Crippen molar-refractivity contribution in [1.82, 2.24) is 9.88 Å². The van der Waals surface area contributed by atoms with Crippen LogP contribution in [0.15, 0.2) is 55.4 Å². The van der Waals surface area contributed by atoms with Crippen molar-refractivity contribution < 1.29 is 34.0 Å². The van der Waals surface area contributed by atoms with E-state index in [1.54, 1.807) is 7.11 Å². The number of aliphatic carboxylic acids is 2. The maximum absolute atomic E-state index is 9.10. The van der Waals surface area contributed by atoms with Crippen LogP contribution >= 0.6 is 0 Å². The van der Waals surface area contributed by atoms with E-state index in [0.29, 0.717) is 25.9 Å². The Morgan fingerprint density at radius 1 is 1.17 bits per heavy atom. The first-order chi connectivity index (χ1) is 17.0. The molecule has 2 N–H and O–H groups in total. The van der Waals surface area contributed by atoms with Crippen LogP contribution in [0.1, 0.15) is 36.4 Å². The fourth-order valence-corrected chi connectivity index (χ4v) is 3.84. The molecule has 3 rings (SSSR count). The molecule has 0 aliphatic carbocycles. The first kappa shape index (κ1) is 27.8. The summed E-state index contributed by atoms with van der Waals surface area (Å²) in [6.45, 7) is 7.69. The van der Waals surface area contributed by atoms with Gasteiger partial charge in [-0.2, -0.15) is 0 Å². The topological polar surface area (TPSA) is 118 Å². The van der Waals surface area contributed by atoms with Crippen LogP contribution in [-0.2, 0) is 20.7 Å². The number of aromatic nitrogens is 1. The molecule has 0 spiro atoms. The molecule has 1 aliphatic rings. The SMILES string of the molecule is C=CCc1cc(OC)ccc1OCCOCCN1CCCCC1c1cccnc1.O=C(O)C(=O)O. The van der Waals surface area contributed by atoms with Crippen molar-refractivity contribution in [1.29, 1.82) is 0 Å². The lowest BCUT2D eigenvalue weighted by atomic mass is 9.96. The van der Waals surface area contributed by atoms with Crippen molar-refractivity contribution in [2.75, 3.05) is 40.0 Å². The van der Waals surface area contributed by atoms with Gasteiger partial charge in [0.05, 0.1) is 20.3 Å². The number of likely N-dealkylation sites (tertiary alicyclic amines) is 1. The summed E-state index contributed by atoms with van der Waals surface area (Å²) in [7, 11) is 1.67. The highest BCUT2D eigenvalue weighted by Crippen LogP contribution is 2.30. The van der Waals surface area contributed by atoms with Crippen molar-refractivity contribution in [3.63, 3.8) is 0 Å². The van der Waals surface area contributed by atoms with Crippen LogP contribution in [0, 0.1) is 0 Å². The number of nitrogens with zero attached hydrogens (tertiary/aromatic N) is 2. The second kappa shape index (κ2) is 15.5. The Labute approximate surface area is 206 Å². The van der Waals surface area contributed by atoms with Gasteiger partial charge in [0.1, 0.15) is 18.1 Å². The number of allylic oxidation sites excluding steroid dienone is 1. The highest BCUT2D eigenvalue weighted by molar-refractivity contribution is 6.27. The summed E-state index contributed by atoms with van der Waals surface area (Å²) in [4.78, 5) is 25.0. The van der Waals surface area contributed by atoms with E-state index >= 15 is 0 Å². The van der Waals surface area contributed by atoms with Crippen molar-refractivity contribution in [3.8, 4) is 11.5 Å². The molecule has 9 nitrogen and oxygen atoms in total. The maximum Gasteiger partial charge on any atom is 0.414 e. The van der Waals surface area contributed by atoms with Crippen LogP contribution in [-0.4, -0.2) is 72.1 Å². The van der Waals surface area contributed by atoms with Crippen LogP contribution in [0.3, 0.4) is 0 Å². The third kappa shape index (κ3) is 9.76. The summed E-state index contributed by atoms with van der Waals surface area (Å²) in [6.07, 6.45) is 10.2. The Balaban J connectivity index is 0.000000641. The number of methoxy groups -OCH3 is 1. The normalized spacial score (nSPS) is 15.4. The summed E-state index contributed by atoms with van der Waals surface area (Å²) >= 11 is 0. The fourth-order valence-electron chi connectivity index (χ4n) is 3.84. The van der Waals surface area contributed by atoms with Gasteiger partial charge in [-0.15, -0.1) is 6.58 Å². The smallest absolute Gasteiger partial charge is 0.414 e. The number of carboxylic acid groups (broad SMARTS) is 2. The summed E-state index contributed by atoms with van der Waals surface area (Å²) in [5, 5.41) is 14.8. The molecule has 35 heavy (non-hydrogen) atoms. The highest BCUT2D eigenvalue weighted by Gasteiger charge is 2.23. The Morgan fingerprint density at radius 2 is 1.97 bits per heavy atom. The van der Waals surface area contributed by atoms with E-state index in [0.717, 1.165) is 36.6 Å². The molecule has 1 aliphatic heterocycles. The third-order valence-electron chi connectivity index (χ3n) is 5.51. The standard InChI is InChI=1S/C24H32N2O3.C2H2O4/c1-3-7-20-18-22(27-2)10-11-24(20)29-17-16-28-15-14-26-13-5-4-9-23(26)21-8-6-12-25-19-21;3-1(4)2(5)6/h3,6,8,10-12,18-19,23H,1,4-5,7,9,13-17H2,2H3;(H,3,4)(H,5,6). The molecule has 1 fully saturated rings. The average molecular weight is 487 g/mol. The second-order valence-corrected chi connectivity index (χ2v) is 7.87. The summed E-state index contributed by atoms with van der Waals surface area (Å²) in [5.74, 6) is -1.96. The van der Waals surface area contributed by atoms with Crippen LogP contribution < -0.4 is 9.47 Å². The Hall–Kier alpha value is -3.43. The number of carboxylic acids is 2. The molecule has 2 aromatic rings. The van der Waals surface area contributed by atoms with Gasteiger partial charge in [0, 0.05) is 30.5 Å². The summed E-state index contributed by atoms with van der Waals surface area (Å²) < 4.78 is 17.1. The van der Waals surface area contributed by atoms with Crippen LogP contribution in [0.5, 0.6) is 11.5 Å². The van der Waals surface area contributed by atoms with Gasteiger partial charge in [-0.3, -0.25) is 9.88 Å². The van der Waals surface area contributed by atoms with Gasteiger partial charge >= 0.3 is 11.9 Å². The van der Waals surface area contributed by atoms with Crippen LogP contribution in [0.2, 0.25) is 0 Å². The van der Waals surface area contributed by atoms with E-state index in [4.69, 9.17) is 34.0 Å². The first-order valence-corrected chi connectivity index (χ1v) is 11.5. The van der Waals surface area contributed by atoms with Gasteiger partial charge in [0.2, 0.25) is 0 Å². The first-order valence-electron chi connectivity index (χ1n) is 11.5. The zero-order valence-corrected chi connectivity index (χ0v) is 20.1. The number of hydrogen-bond donors (Lipinski definition) is 2. The monoisotopic (exact) mass is 486 g/mol. The van der Waals surface area contributed by atoms with Gasteiger partial charge < -0.3 is 24.4 Å². The zero-order valence-electron chi connectivity index (χ0n) is 20.1. The number of piperidine rings is 1. The van der Waals surface area contributed by atoms with Crippen molar-refractivity contribution in [3.05, 3.63) is 66.5 Å². The van der Waals surface area contributed by atoms with Gasteiger partial charge in [0.25, 0.3) is 0 Å². The number of rotatable bonds is 11. The minimum Gasteiger partial charge on any atom is -0.497 e. The summed E-state index contributed by atoms with van der Waals surface area (Å²) in [5.41, 5.74) is 2.39. The number of benzene rings is 1. The molecule has 1 aromatic heterocycles. The number of hydrogen-bond acceptors (Lipinski definition) is 7. The van der Waals surface area contributed by atoms with Gasteiger partial charge in [-0.1, -0.05) is 18.6 Å². The van der Waals surface area contributed by atoms with E-state index < -0.39 is 11.9 Å². The molecular weight excluding hydrogens is 452 g/mol. The third-order valence-corrected chi connectivity index (χ3v) is 5.51. The van der Waals surface area contributed by atoms with E-state index in [2.05, 4.69) is 22.5 Å². The molecule has 0 saturated carbocycles. The average Bonchev–Trinajstić information content (AvgIpc) is 2.88. The van der Waals surface area contributed by atoms with Crippen LogP contribution in [0.25, 0.3) is 0 Å². The minimum absolute atomic E-state index is 0.457. The van der Waals surface area contributed by atoms with Crippen LogP contribution in [0.4, 0.5) is 0 Å². The Kier molecular flexibility index (Phi) is 12.3. The predicted molar refractivity (Wildman–Crippen MR) is 131 cm³/mol. The lowest BCUT2D eigenvalue weighted by Gasteiger charge is -2.35. The molecule has 0 radical (unpaired) electrons. The van der Waals surface area contributed by atoms with E-state index in [1.807, 2.05) is 42.7 Å². The Morgan fingerprint density at radius 3 is 2.63 bits per heavy atom. The van der Waals surface area contributed by atoms with E-state index in [1.165, 1.54) is 24.8 Å². The van der Waals surface area contributed by atoms with Gasteiger partial charge in [-0.05, 0) is 55.6 Å². The Bertz CT molecular complexity index is 925. The second-order valence-electron chi connectivity index (χ2n) is 7.87. The highest BCUT2D eigenvalue weighted by atomic mass is 16.5. The maximum atomic E-state index is 9.10. The molecule has 1 unspecified atom stereocenters. The van der Waals surface area contributed by atoms with Crippen molar-refractivity contribution in [2.24, 2.45) is 0 Å². The number of ether oxygens (including phenoxy) is 3. The van der Waals surface area contributed by atoms with E-state index in [-0.39, 0.29) is 0 Å². The molecule has 190 valence electrons. The molecule has 9 heteroatoms. The zero-order chi connectivity index (χ0) is 25.5. The quantitative estimate of drug-likeness (QED) is 0.279. The molecule has 1 saturated heterocycles.